The molecule has 3 N–H and O–H groups in total. The molecule has 0 fully saturated rings. The number of ether oxygens (including phenoxy) is 1. The highest BCUT2D eigenvalue weighted by Crippen LogP contribution is 2.00. The summed E-state index contributed by atoms with van der Waals surface area (Å²) in [6.07, 6.45) is 0.185. The predicted molar refractivity (Wildman–Crippen MR) is 36.1 cm³/mol. The van der Waals surface area contributed by atoms with Gasteiger partial charge in [0.25, 0.3) is 0 Å². The second-order valence-electron chi connectivity index (χ2n) is 1.99. The van der Waals surface area contributed by atoms with Crippen molar-refractivity contribution in [2.24, 2.45) is 5.73 Å². The number of aliphatic hydroxyl groups excluding tert-OH is 1. The second kappa shape index (κ2) is 4.73. The summed E-state index contributed by atoms with van der Waals surface area (Å²) in [7, 11) is 1.58. The fraction of sp³-hybridized carbons (Fsp3) is 1.00. The third kappa shape index (κ3) is 2.79. The summed E-state index contributed by atoms with van der Waals surface area (Å²) in [5.74, 6) is 0. The Kier molecular flexibility index (Phi) is 4.67. The molecule has 0 unspecified atom stereocenters. The van der Waals surface area contributed by atoms with E-state index < -0.39 is 6.10 Å². The minimum atomic E-state index is -0.514. The molecule has 0 amide bonds. The Labute approximate surface area is 55.8 Å². The Morgan fingerprint density at radius 2 is 2.22 bits per heavy atom. The van der Waals surface area contributed by atoms with Gasteiger partial charge in [0.1, 0.15) is 0 Å². The van der Waals surface area contributed by atoms with E-state index in [0.717, 1.165) is 6.42 Å². The van der Waals surface area contributed by atoms with Gasteiger partial charge in [0, 0.05) is 13.7 Å². The average Bonchev–Trinajstić information content (AvgIpc) is 1.90. The standard InChI is InChI=1S/C6H15NO2/c1-3-6(9-2)5(8)4-7/h5-6,8H,3-4,7H2,1-2H3/t5-,6-/m0/s1. The Balaban J connectivity index is 3.50. The molecule has 0 bridgehead atoms. The molecular weight excluding hydrogens is 118 g/mol. The summed E-state index contributed by atoms with van der Waals surface area (Å²) in [6, 6.07) is 0. The van der Waals surface area contributed by atoms with Gasteiger partial charge in [0.2, 0.25) is 0 Å². The fourth-order valence-electron chi connectivity index (χ4n) is 0.748. The van der Waals surface area contributed by atoms with Gasteiger partial charge in [-0.25, -0.2) is 0 Å². The van der Waals surface area contributed by atoms with E-state index in [1.807, 2.05) is 6.92 Å². The smallest absolute Gasteiger partial charge is 0.0923 e. The van der Waals surface area contributed by atoms with E-state index in [-0.39, 0.29) is 12.6 Å². The van der Waals surface area contributed by atoms with E-state index in [0.29, 0.717) is 0 Å². The third-order valence-corrected chi connectivity index (χ3v) is 1.38. The molecule has 9 heavy (non-hydrogen) atoms. The van der Waals surface area contributed by atoms with E-state index in [1.54, 1.807) is 7.11 Å². The van der Waals surface area contributed by atoms with Crippen LogP contribution in [-0.4, -0.2) is 31.0 Å². The Morgan fingerprint density at radius 3 is 2.33 bits per heavy atom. The van der Waals surface area contributed by atoms with Crippen molar-refractivity contribution in [3.63, 3.8) is 0 Å². The van der Waals surface area contributed by atoms with Crippen LogP contribution < -0.4 is 5.73 Å². The fourth-order valence-corrected chi connectivity index (χ4v) is 0.748. The number of hydrogen-bond donors (Lipinski definition) is 2. The lowest BCUT2D eigenvalue weighted by molar-refractivity contribution is -0.00847. The van der Waals surface area contributed by atoms with E-state index in [2.05, 4.69) is 0 Å². The Morgan fingerprint density at radius 1 is 1.67 bits per heavy atom. The zero-order chi connectivity index (χ0) is 7.28. The van der Waals surface area contributed by atoms with Gasteiger partial charge in [0.15, 0.2) is 0 Å². The van der Waals surface area contributed by atoms with Crippen LogP contribution in [0.2, 0.25) is 0 Å². The van der Waals surface area contributed by atoms with Crippen molar-refractivity contribution in [1.29, 1.82) is 0 Å². The van der Waals surface area contributed by atoms with Gasteiger partial charge in [-0.05, 0) is 6.42 Å². The molecule has 0 aromatic rings. The summed E-state index contributed by atoms with van der Waals surface area (Å²) < 4.78 is 4.92. The van der Waals surface area contributed by atoms with Crippen LogP contribution in [0.5, 0.6) is 0 Å². The zero-order valence-electron chi connectivity index (χ0n) is 6.00. The molecule has 0 aliphatic heterocycles. The SMILES string of the molecule is CC[C@H](OC)[C@@H](O)CN. The third-order valence-electron chi connectivity index (χ3n) is 1.38. The van der Waals surface area contributed by atoms with Crippen LogP contribution in [0.3, 0.4) is 0 Å². The van der Waals surface area contributed by atoms with Crippen molar-refractivity contribution in [2.45, 2.75) is 25.6 Å². The molecule has 0 heterocycles. The monoisotopic (exact) mass is 133 g/mol. The van der Waals surface area contributed by atoms with Gasteiger partial charge in [-0.3, -0.25) is 0 Å². The van der Waals surface area contributed by atoms with Crippen LogP contribution in [0.1, 0.15) is 13.3 Å². The minimum Gasteiger partial charge on any atom is -0.389 e. The molecule has 0 aromatic heterocycles. The lowest BCUT2D eigenvalue weighted by atomic mass is 10.1. The van der Waals surface area contributed by atoms with E-state index >= 15 is 0 Å². The highest BCUT2D eigenvalue weighted by Gasteiger charge is 2.13. The van der Waals surface area contributed by atoms with Gasteiger partial charge in [-0.2, -0.15) is 0 Å². The second-order valence-corrected chi connectivity index (χ2v) is 1.99. The van der Waals surface area contributed by atoms with E-state index in [1.165, 1.54) is 0 Å². The van der Waals surface area contributed by atoms with Crippen LogP contribution in [0, 0.1) is 0 Å². The first-order valence-corrected chi connectivity index (χ1v) is 3.17. The molecule has 0 radical (unpaired) electrons. The number of hydrogen-bond acceptors (Lipinski definition) is 3. The van der Waals surface area contributed by atoms with Gasteiger partial charge >= 0.3 is 0 Å². The van der Waals surface area contributed by atoms with Crippen molar-refractivity contribution in [2.75, 3.05) is 13.7 Å². The van der Waals surface area contributed by atoms with Crippen molar-refractivity contribution in [3.05, 3.63) is 0 Å². The summed E-state index contributed by atoms with van der Waals surface area (Å²) >= 11 is 0. The number of methoxy groups -OCH3 is 1. The normalized spacial score (nSPS) is 17.3. The van der Waals surface area contributed by atoms with Gasteiger partial charge in [0.05, 0.1) is 12.2 Å². The topological polar surface area (TPSA) is 55.5 Å². The predicted octanol–water partition coefficient (Wildman–Crippen LogP) is -0.269. The average molecular weight is 133 g/mol. The minimum absolute atomic E-state index is 0.102. The van der Waals surface area contributed by atoms with Crippen LogP contribution in [0.15, 0.2) is 0 Å². The Hall–Kier alpha value is -0.120. The van der Waals surface area contributed by atoms with Gasteiger partial charge in [-0.15, -0.1) is 0 Å². The largest absolute Gasteiger partial charge is 0.389 e. The molecule has 2 atom stereocenters. The molecule has 0 aromatic carbocycles. The van der Waals surface area contributed by atoms with Crippen LogP contribution >= 0.6 is 0 Å². The Bertz CT molecular complexity index is 64.1. The summed E-state index contributed by atoms with van der Waals surface area (Å²) in [4.78, 5) is 0. The first-order valence-electron chi connectivity index (χ1n) is 3.17. The van der Waals surface area contributed by atoms with Crippen molar-refractivity contribution in [1.82, 2.24) is 0 Å². The molecular formula is C6H15NO2. The highest BCUT2D eigenvalue weighted by atomic mass is 16.5. The summed E-state index contributed by atoms with van der Waals surface area (Å²) in [6.45, 7) is 2.22. The van der Waals surface area contributed by atoms with E-state index in [9.17, 15) is 0 Å². The van der Waals surface area contributed by atoms with Crippen LogP contribution in [0.25, 0.3) is 0 Å². The van der Waals surface area contributed by atoms with Gasteiger partial charge in [-0.1, -0.05) is 6.92 Å². The summed E-state index contributed by atoms with van der Waals surface area (Å²) in [5, 5.41) is 9.07. The molecule has 3 nitrogen and oxygen atoms in total. The zero-order valence-corrected chi connectivity index (χ0v) is 6.00. The lowest BCUT2D eigenvalue weighted by Crippen LogP contribution is -2.34. The van der Waals surface area contributed by atoms with Gasteiger partial charge < -0.3 is 15.6 Å². The molecule has 56 valence electrons. The van der Waals surface area contributed by atoms with E-state index in [4.69, 9.17) is 15.6 Å². The van der Waals surface area contributed by atoms with Crippen molar-refractivity contribution < 1.29 is 9.84 Å². The first-order chi connectivity index (χ1) is 4.26. The summed E-state index contributed by atoms with van der Waals surface area (Å²) in [5.41, 5.74) is 5.19. The molecule has 0 aliphatic rings. The molecule has 0 rings (SSSR count). The highest BCUT2D eigenvalue weighted by molar-refractivity contribution is 4.66. The maximum atomic E-state index is 9.07. The maximum absolute atomic E-state index is 9.07. The quantitative estimate of drug-likeness (QED) is 0.555. The van der Waals surface area contributed by atoms with Crippen LogP contribution in [0.4, 0.5) is 0 Å². The molecule has 0 saturated heterocycles. The first kappa shape index (κ1) is 8.88. The molecule has 0 aliphatic carbocycles. The maximum Gasteiger partial charge on any atom is 0.0923 e. The van der Waals surface area contributed by atoms with Crippen molar-refractivity contribution in [3.8, 4) is 0 Å². The number of nitrogens with two attached hydrogens (primary N) is 1. The number of aliphatic hydroxyl groups is 1. The molecule has 3 heteroatoms. The lowest BCUT2D eigenvalue weighted by Gasteiger charge is -2.17. The number of rotatable bonds is 4. The van der Waals surface area contributed by atoms with Crippen molar-refractivity contribution >= 4 is 0 Å². The van der Waals surface area contributed by atoms with Crippen LogP contribution in [-0.2, 0) is 4.74 Å². The molecule has 0 saturated carbocycles. The molecule has 0 spiro atoms.